The van der Waals surface area contributed by atoms with Crippen LogP contribution < -0.4 is 10.9 Å². The molecule has 2 heterocycles. The second-order valence-corrected chi connectivity index (χ2v) is 8.69. The summed E-state index contributed by atoms with van der Waals surface area (Å²) in [6.07, 6.45) is 0.882. The van der Waals surface area contributed by atoms with Crippen molar-refractivity contribution in [2.75, 3.05) is 0 Å². The van der Waals surface area contributed by atoms with E-state index in [0.717, 1.165) is 22.3 Å². The third kappa shape index (κ3) is 6.45. The molecule has 2 aliphatic heterocycles. The summed E-state index contributed by atoms with van der Waals surface area (Å²) in [5.41, 5.74) is 10.6. The summed E-state index contributed by atoms with van der Waals surface area (Å²) in [6, 6.07) is 30.0. The Balaban J connectivity index is 0.000000176. The van der Waals surface area contributed by atoms with Gasteiger partial charge in [0.15, 0.2) is 0 Å². The van der Waals surface area contributed by atoms with Crippen LogP contribution in [0.4, 0.5) is 0 Å². The molecule has 39 heavy (non-hydrogen) atoms. The summed E-state index contributed by atoms with van der Waals surface area (Å²) >= 11 is 0. The van der Waals surface area contributed by atoms with E-state index < -0.39 is 0 Å². The van der Waals surface area contributed by atoms with E-state index in [-0.39, 0.29) is 31.0 Å². The van der Waals surface area contributed by atoms with E-state index in [1.54, 1.807) is 24.3 Å². The van der Waals surface area contributed by atoms with Crippen LogP contribution in [0, 0.1) is 26.3 Å². The van der Waals surface area contributed by atoms with E-state index >= 15 is 0 Å². The van der Waals surface area contributed by atoms with Crippen molar-refractivity contribution in [1.82, 2.24) is 10.9 Å². The Labute approximate surface area is 239 Å². The molecule has 4 N–H and O–H groups in total. The summed E-state index contributed by atoms with van der Waals surface area (Å²) < 4.78 is 11.3. The molecule has 6 rings (SSSR count). The smallest absolute Gasteiger partial charge is 0.565 e. The standard InChI is InChI=1S/2C15H13N2O2.Zn/c2*1-10-7-8-12(13(18)9-10)15-17-16-14(19-15)11-5-3-2-4-6-11;/h2*2-9,17-18H,1H3;/q2*-1;+2. The van der Waals surface area contributed by atoms with Gasteiger partial charge in [-0.05, 0) is 38.1 Å². The molecule has 192 valence electrons. The minimum Gasteiger partial charge on any atom is -0.565 e. The number of hydrogen-bond acceptors (Lipinski definition) is 8. The number of benzene rings is 4. The van der Waals surface area contributed by atoms with Gasteiger partial charge in [-0.3, -0.25) is 10.9 Å². The number of nitrogens with one attached hydrogen (secondary N) is 2. The van der Waals surface area contributed by atoms with Crippen LogP contribution in [0.1, 0.15) is 33.4 Å². The van der Waals surface area contributed by atoms with Crippen LogP contribution >= 0.6 is 0 Å². The average molecular weight is 572 g/mol. The number of rotatable bonds is 4. The quantitative estimate of drug-likeness (QED) is 0.202. The Bertz CT molecular complexity index is 1370. The number of phenolic OH excluding ortho intramolecular Hbond substituents is 2. The molecular weight excluding hydrogens is 546 g/mol. The zero-order chi connectivity index (χ0) is 26.5. The maximum Gasteiger partial charge on any atom is 2.00 e. The molecule has 2 aliphatic rings. The minimum absolute atomic E-state index is 0. The fraction of sp³-hybridized carbons (Fsp3) is 0.0667. The summed E-state index contributed by atoms with van der Waals surface area (Å²) in [5.74, 6) is 1.34. The summed E-state index contributed by atoms with van der Waals surface area (Å²) in [4.78, 5) is 0. The van der Waals surface area contributed by atoms with Crippen molar-refractivity contribution in [3.63, 3.8) is 0 Å². The molecule has 9 heteroatoms. The predicted octanol–water partition coefficient (Wildman–Crippen LogP) is 5.04. The largest absolute Gasteiger partial charge is 2.00 e. The van der Waals surface area contributed by atoms with Crippen molar-refractivity contribution < 1.29 is 39.2 Å². The molecular formula is C30H26N4O4Zn. The van der Waals surface area contributed by atoms with Crippen molar-refractivity contribution in [2.24, 2.45) is 10.2 Å². The first-order valence-corrected chi connectivity index (χ1v) is 12.0. The maximum absolute atomic E-state index is 9.92. The normalized spacial score (nSPS) is 13.4. The molecule has 0 amide bonds. The van der Waals surface area contributed by atoms with Crippen LogP contribution in [0.3, 0.4) is 0 Å². The Hall–Kier alpha value is -4.62. The van der Waals surface area contributed by atoms with Gasteiger partial charge in [0, 0.05) is 22.6 Å². The molecule has 4 aromatic carbocycles. The van der Waals surface area contributed by atoms with Gasteiger partial charge in [-0.15, -0.1) is 22.3 Å². The molecule has 8 nitrogen and oxygen atoms in total. The average Bonchev–Trinajstić information content (AvgIpc) is 3.61. The number of hydrazone groups is 2. The van der Waals surface area contributed by atoms with Crippen molar-refractivity contribution in [3.05, 3.63) is 143 Å². The molecule has 0 aliphatic carbocycles. The Morgan fingerprint density at radius 3 is 1.33 bits per heavy atom. The molecule has 0 saturated carbocycles. The first-order valence-electron chi connectivity index (χ1n) is 12.0. The third-order valence-electron chi connectivity index (χ3n) is 5.75. The van der Waals surface area contributed by atoms with Crippen LogP contribution in [0.2, 0.25) is 0 Å². The topological polar surface area (TPSA) is 108 Å². The van der Waals surface area contributed by atoms with E-state index in [2.05, 4.69) is 21.1 Å². The van der Waals surface area contributed by atoms with Gasteiger partial charge >= 0.3 is 19.5 Å². The van der Waals surface area contributed by atoms with Crippen LogP contribution in [0.5, 0.6) is 11.5 Å². The van der Waals surface area contributed by atoms with E-state index in [9.17, 15) is 10.2 Å². The van der Waals surface area contributed by atoms with Gasteiger partial charge in [-0.1, -0.05) is 70.8 Å². The van der Waals surface area contributed by atoms with Crippen molar-refractivity contribution >= 4 is 11.8 Å². The second-order valence-electron chi connectivity index (χ2n) is 8.69. The van der Waals surface area contributed by atoms with Gasteiger partial charge < -0.3 is 19.7 Å². The summed E-state index contributed by atoms with van der Waals surface area (Å²) in [5, 5.41) is 28.1. The number of ether oxygens (including phenoxy) is 2. The van der Waals surface area contributed by atoms with Crippen LogP contribution in [0.25, 0.3) is 0 Å². The molecule has 0 unspecified atom stereocenters. The van der Waals surface area contributed by atoms with Gasteiger partial charge in [0.1, 0.15) is 12.5 Å². The number of phenols is 2. The third-order valence-corrected chi connectivity index (χ3v) is 5.75. The van der Waals surface area contributed by atoms with Crippen LogP contribution in [-0.2, 0) is 29.0 Å². The van der Waals surface area contributed by atoms with Crippen molar-refractivity contribution in [3.8, 4) is 11.5 Å². The molecule has 0 spiro atoms. The van der Waals surface area contributed by atoms with Crippen LogP contribution in [0.15, 0.2) is 107 Å². The zero-order valence-corrected chi connectivity index (χ0v) is 24.5. The fourth-order valence-corrected chi connectivity index (χ4v) is 3.79. The first kappa shape index (κ1) is 27.4. The van der Waals surface area contributed by atoms with Crippen LogP contribution in [-0.4, -0.2) is 22.0 Å². The van der Waals surface area contributed by atoms with Crippen molar-refractivity contribution in [1.29, 1.82) is 0 Å². The SMILES string of the molecule is Cc1ccc([C-]2NN=C(c3ccccc3)O2)c(O)c1.Cc1ccc([C-]2NN=C(c3ccccc3)O2)c(O)c1.[Zn+2]. The zero-order valence-electron chi connectivity index (χ0n) is 21.6. The number of hydrogen-bond donors (Lipinski definition) is 4. The Morgan fingerprint density at radius 2 is 0.974 bits per heavy atom. The molecule has 0 fully saturated rings. The van der Waals surface area contributed by atoms with Gasteiger partial charge in [0.05, 0.1) is 0 Å². The maximum atomic E-state index is 9.92. The first-order chi connectivity index (χ1) is 18.5. The summed E-state index contributed by atoms with van der Waals surface area (Å²) in [7, 11) is 0. The monoisotopic (exact) mass is 570 g/mol. The van der Waals surface area contributed by atoms with Gasteiger partial charge in [0.2, 0.25) is 11.8 Å². The molecule has 4 aromatic rings. The van der Waals surface area contributed by atoms with E-state index in [1.807, 2.05) is 86.6 Å². The van der Waals surface area contributed by atoms with Gasteiger partial charge in [0.25, 0.3) is 0 Å². The summed E-state index contributed by atoms with van der Waals surface area (Å²) in [6.45, 7) is 3.84. The molecule has 0 aromatic heterocycles. The molecule has 0 saturated heterocycles. The minimum atomic E-state index is 0. The van der Waals surface area contributed by atoms with E-state index in [0.29, 0.717) is 35.4 Å². The predicted molar refractivity (Wildman–Crippen MR) is 145 cm³/mol. The molecule has 0 radical (unpaired) electrons. The Kier molecular flexibility index (Phi) is 8.64. The second kappa shape index (κ2) is 12.3. The molecule has 0 atom stereocenters. The fourth-order valence-electron chi connectivity index (χ4n) is 3.79. The van der Waals surface area contributed by atoms with Gasteiger partial charge in [-0.2, -0.15) is 12.1 Å². The van der Waals surface area contributed by atoms with E-state index in [1.165, 1.54) is 0 Å². The van der Waals surface area contributed by atoms with E-state index in [4.69, 9.17) is 9.47 Å². The number of aryl methyl sites for hydroxylation is 2. The number of nitrogens with zero attached hydrogens (tertiary/aromatic N) is 2. The van der Waals surface area contributed by atoms with Gasteiger partial charge in [-0.25, -0.2) is 0 Å². The number of aromatic hydroxyl groups is 2. The van der Waals surface area contributed by atoms with Crippen molar-refractivity contribution in [2.45, 2.75) is 13.8 Å². The Morgan fingerprint density at radius 1 is 0.590 bits per heavy atom. The molecule has 0 bridgehead atoms.